The number of amides is 1. The number of guanidine groups is 1. The van der Waals surface area contributed by atoms with Gasteiger partial charge < -0.3 is 20.7 Å². The molecule has 1 unspecified atom stereocenters. The largest absolute Gasteiger partial charge is 0.484 e. The van der Waals surface area contributed by atoms with E-state index in [2.05, 4.69) is 31.0 Å². The molecular formula is C22H36N4O2. The molecular weight excluding hydrogens is 352 g/mol. The quantitative estimate of drug-likeness (QED) is 0.477. The zero-order valence-corrected chi connectivity index (χ0v) is 17.6. The van der Waals surface area contributed by atoms with Gasteiger partial charge in [-0.3, -0.25) is 9.79 Å². The molecule has 28 heavy (non-hydrogen) atoms. The maximum absolute atomic E-state index is 10.8. The number of nitrogens with one attached hydrogen (secondary N) is 1. The first kappa shape index (κ1) is 22.1. The van der Waals surface area contributed by atoms with E-state index < -0.39 is 5.91 Å². The van der Waals surface area contributed by atoms with Gasteiger partial charge in [0.05, 0.1) is 0 Å². The lowest BCUT2D eigenvalue weighted by molar-refractivity contribution is -0.119. The Morgan fingerprint density at radius 3 is 2.61 bits per heavy atom. The van der Waals surface area contributed by atoms with Gasteiger partial charge in [0.2, 0.25) is 0 Å². The molecule has 6 heteroatoms. The van der Waals surface area contributed by atoms with Gasteiger partial charge in [0.1, 0.15) is 5.75 Å². The number of likely N-dealkylation sites (tertiary alicyclic amines) is 1. The normalized spacial score (nSPS) is 17.2. The minimum absolute atomic E-state index is 0.0938. The molecule has 0 radical (unpaired) electrons. The number of hydrogen-bond acceptors (Lipinski definition) is 3. The molecule has 0 aliphatic carbocycles. The lowest BCUT2D eigenvalue weighted by Crippen LogP contribution is -2.40. The minimum Gasteiger partial charge on any atom is -0.484 e. The zero-order valence-electron chi connectivity index (χ0n) is 17.6. The average Bonchev–Trinajstić information content (AvgIpc) is 3.17. The van der Waals surface area contributed by atoms with Crippen molar-refractivity contribution in [3.05, 3.63) is 29.8 Å². The summed E-state index contributed by atoms with van der Waals surface area (Å²) in [6, 6.07) is 7.76. The van der Waals surface area contributed by atoms with Crippen LogP contribution in [0, 0.1) is 11.8 Å². The van der Waals surface area contributed by atoms with E-state index in [1.165, 1.54) is 24.8 Å². The van der Waals surface area contributed by atoms with Crippen molar-refractivity contribution in [2.24, 2.45) is 22.6 Å². The summed E-state index contributed by atoms with van der Waals surface area (Å²) in [6.07, 6.45) is 4.67. The first-order chi connectivity index (χ1) is 13.6. The predicted molar refractivity (Wildman–Crippen MR) is 115 cm³/mol. The van der Waals surface area contributed by atoms with Crippen LogP contribution in [0.5, 0.6) is 5.75 Å². The molecule has 1 aliphatic heterocycles. The molecule has 156 valence electrons. The summed E-state index contributed by atoms with van der Waals surface area (Å²) in [6.45, 7) is 10.5. The molecule has 0 spiro atoms. The number of ether oxygens (including phenoxy) is 1. The molecule has 2 rings (SSSR count). The number of benzene rings is 1. The highest BCUT2D eigenvalue weighted by molar-refractivity contribution is 5.80. The summed E-state index contributed by atoms with van der Waals surface area (Å²) in [4.78, 5) is 18.1. The Morgan fingerprint density at radius 1 is 1.29 bits per heavy atom. The fourth-order valence-corrected chi connectivity index (χ4v) is 3.94. The maximum Gasteiger partial charge on any atom is 0.255 e. The number of nitrogens with two attached hydrogens (primary N) is 1. The Bertz CT molecular complexity index is 626. The molecule has 3 N–H and O–H groups in total. The van der Waals surface area contributed by atoms with Gasteiger partial charge in [-0.25, -0.2) is 0 Å². The SMILES string of the molecule is CCNC(=NCCc1ccc(OCC(N)=O)cc1)N1CCC(C(CC)CC)C1. The van der Waals surface area contributed by atoms with E-state index in [9.17, 15) is 4.79 Å². The smallest absolute Gasteiger partial charge is 0.255 e. The molecule has 0 saturated carbocycles. The van der Waals surface area contributed by atoms with Gasteiger partial charge in [0.25, 0.3) is 5.91 Å². The molecule has 1 saturated heterocycles. The van der Waals surface area contributed by atoms with Crippen molar-refractivity contribution >= 4 is 11.9 Å². The molecule has 0 bridgehead atoms. The van der Waals surface area contributed by atoms with Crippen molar-refractivity contribution in [3.63, 3.8) is 0 Å². The second-order valence-corrected chi connectivity index (χ2v) is 7.46. The number of primary amides is 1. The standard InChI is InChI=1S/C22H36N4O2/c1-4-18(5-2)19-12-14-26(15-19)22(24-6-3)25-13-11-17-7-9-20(10-8-17)28-16-21(23)27/h7-10,18-19H,4-6,11-16H2,1-3H3,(H2,23,27)(H,24,25). The highest BCUT2D eigenvalue weighted by Gasteiger charge is 2.29. The van der Waals surface area contributed by atoms with Crippen LogP contribution in [-0.4, -0.2) is 49.6 Å². The van der Waals surface area contributed by atoms with Crippen LogP contribution in [0.3, 0.4) is 0 Å². The summed E-state index contributed by atoms with van der Waals surface area (Å²) < 4.78 is 5.29. The summed E-state index contributed by atoms with van der Waals surface area (Å²) in [5.74, 6) is 2.83. The summed E-state index contributed by atoms with van der Waals surface area (Å²) in [5, 5.41) is 3.45. The van der Waals surface area contributed by atoms with Crippen molar-refractivity contribution in [2.45, 2.75) is 46.5 Å². The number of nitrogens with zero attached hydrogens (tertiary/aromatic N) is 2. The third kappa shape index (κ3) is 6.73. The van der Waals surface area contributed by atoms with E-state index in [1.807, 2.05) is 24.3 Å². The molecule has 1 aromatic carbocycles. The monoisotopic (exact) mass is 388 g/mol. The Balaban J connectivity index is 1.88. The molecule has 1 atom stereocenters. The molecule has 1 heterocycles. The van der Waals surface area contributed by atoms with Crippen LogP contribution in [0.2, 0.25) is 0 Å². The van der Waals surface area contributed by atoms with Crippen LogP contribution >= 0.6 is 0 Å². The van der Waals surface area contributed by atoms with Crippen LogP contribution < -0.4 is 15.8 Å². The van der Waals surface area contributed by atoms with Crippen LogP contribution in [0.25, 0.3) is 0 Å². The van der Waals surface area contributed by atoms with Crippen LogP contribution in [0.1, 0.15) is 45.6 Å². The Labute approximate surface area is 169 Å². The lowest BCUT2D eigenvalue weighted by atomic mass is 9.87. The van der Waals surface area contributed by atoms with E-state index >= 15 is 0 Å². The van der Waals surface area contributed by atoms with Gasteiger partial charge in [-0.1, -0.05) is 38.8 Å². The fourth-order valence-electron chi connectivity index (χ4n) is 3.94. The highest BCUT2D eigenvalue weighted by Crippen LogP contribution is 2.28. The average molecular weight is 389 g/mol. The maximum atomic E-state index is 10.8. The molecule has 1 aliphatic rings. The van der Waals surface area contributed by atoms with E-state index in [4.69, 9.17) is 15.5 Å². The van der Waals surface area contributed by atoms with Gasteiger partial charge in [0, 0.05) is 26.2 Å². The molecule has 1 fully saturated rings. The van der Waals surface area contributed by atoms with Crippen LogP contribution in [0.15, 0.2) is 29.3 Å². The number of carbonyl (C=O) groups is 1. The third-order valence-corrected chi connectivity index (χ3v) is 5.54. The first-order valence-corrected chi connectivity index (χ1v) is 10.6. The Hall–Kier alpha value is -2.24. The van der Waals surface area contributed by atoms with E-state index in [-0.39, 0.29) is 6.61 Å². The first-order valence-electron chi connectivity index (χ1n) is 10.6. The van der Waals surface area contributed by atoms with Gasteiger partial charge in [-0.2, -0.15) is 0 Å². The van der Waals surface area contributed by atoms with Gasteiger partial charge in [-0.05, 0) is 49.3 Å². The van der Waals surface area contributed by atoms with E-state index in [0.717, 1.165) is 50.4 Å². The topological polar surface area (TPSA) is 80.0 Å². The second kappa shape index (κ2) is 11.6. The van der Waals surface area contributed by atoms with Crippen molar-refractivity contribution in [3.8, 4) is 5.75 Å². The molecule has 1 aromatic rings. The molecule has 0 aromatic heterocycles. The lowest BCUT2D eigenvalue weighted by Gasteiger charge is -2.24. The summed E-state index contributed by atoms with van der Waals surface area (Å²) >= 11 is 0. The highest BCUT2D eigenvalue weighted by atomic mass is 16.5. The Kier molecular flexibility index (Phi) is 9.11. The van der Waals surface area contributed by atoms with Crippen molar-refractivity contribution in [1.82, 2.24) is 10.2 Å². The predicted octanol–water partition coefficient (Wildman–Crippen LogP) is 2.82. The summed E-state index contributed by atoms with van der Waals surface area (Å²) in [5.41, 5.74) is 6.29. The number of hydrogen-bond donors (Lipinski definition) is 2. The van der Waals surface area contributed by atoms with Gasteiger partial charge in [0.15, 0.2) is 12.6 Å². The molecule has 1 amide bonds. The van der Waals surface area contributed by atoms with E-state index in [0.29, 0.717) is 5.75 Å². The number of rotatable bonds is 10. The Morgan fingerprint density at radius 2 is 2.00 bits per heavy atom. The fraction of sp³-hybridized carbons (Fsp3) is 0.636. The van der Waals surface area contributed by atoms with Crippen molar-refractivity contribution in [2.75, 3.05) is 32.8 Å². The van der Waals surface area contributed by atoms with Crippen LogP contribution in [-0.2, 0) is 11.2 Å². The van der Waals surface area contributed by atoms with Gasteiger partial charge >= 0.3 is 0 Å². The van der Waals surface area contributed by atoms with Crippen molar-refractivity contribution in [1.29, 1.82) is 0 Å². The van der Waals surface area contributed by atoms with Crippen molar-refractivity contribution < 1.29 is 9.53 Å². The number of carbonyl (C=O) groups excluding carboxylic acids is 1. The third-order valence-electron chi connectivity index (χ3n) is 5.54. The minimum atomic E-state index is -0.470. The van der Waals surface area contributed by atoms with E-state index in [1.54, 1.807) is 0 Å². The van der Waals surface area contributed by atoms with Crippen LogP contribution in [0.4, 0.5) is 0 Å². The second-order valence-electron chi connectivity index (χ2n) is 7.46. The zero-order chi connectivity index (χ0) is 20.4. The van der Waals surface area contributed by atoms with Gasteiger partial charge in [-0.15, -0.1) is 0 Å². The number of aliphatic imine (C=N–C) groups is 1. The summed E-state index contributed by atoms with van der Waals surface area (Å²) in [7, 11) is 0. The molecule has 6 nitrogen and oxygen atoms in total.